The fraction of sp³-hybridized carbons (Fsp3) is 0.467. The van der Waals surface area contributed by atoms with Crippen LogP contribution in [0.2, 0.25) is 0 Å². The second-order valence-electron chi connectivity index (χ2n) is 5.61. The molecule has 1 aliphatic rings. The van der Waals surface area contributed by atoms with Crippen molar-refractivity contribution in [1.82, 2.24) is 10.6 Å². The molecule has 1 aromatic carbocycles. The Morgan fingerprint density at radius 2 is 1.81 bits per heavy atom. The number of hydrogen-bond acceptors (Lipinski definition) is 3. The number of benzene rings is 1. The predicted octanol–water partition coefficient (Wildman–Crippen LogP) is 2.66. The van der Waals surface area contributed by atoms with Crippen LogP contribution in [0.15, 0.2) is 24.3 Å². The number of para-hydroxylation sites is 1. The molecule has 11 heteroatoms. The summed E-state index contributed by atoms with van der Waals surface area (Å²) < 4.78 is 78.6. The summed E-state index contributed by atoms with van der Waals surface area (Å²) in [6, 6.07) is 3.04. The van der Waals surface area contributed by atoms with Gasteiger partial charge in [0.25, 0.3) is 0 Å². The lowest BCUT2D eigenvalue weighted by Crippen LogP contribution is -2.54. The van der Waals surface area contributed by atoms with Crippen LogP contribution in [-0.2, 0) is 16.1 Å². The average molecular weight is 384 g/mol. The molecule has 1 aliphatic heterocycles. The molecule has 1 fully saturated rings. The zero-order chi connectivity index (χ0) is 19.5. The predicted molar refractivity (Wildman–Crippen MR) is 75.7 cm³/mol. The van der Waals surface area contributed by atoms with Gasteiger partial charge in [0.05, 0.1) is 0 Å². The van der Waals surface area contributed by atoms with Crippen LogP contribution in [-0.4, -0.2) is 30.4 Å². The molecule has 5 nitrogen and oxygen atoms in total. The quantitative estimate of drug-likeness (QED) is 0.620. The number of ether oxygens (including phenoxy) is 1. The van der Waals surface area contributed by atoms with Crippen molar-refractivity contribution >= 4 is 11.8 Å². The van der Waals surface area contributed by atoms with E-state index in [1.165, 1.54) is 18.2 Å². The molecule has 1 heterocycles. The number of rotatable bonds is 4. The number of nitrogens with one attached hydrogen (secondary N) is 2. The minimum Gasteiger partial charge on any atom is -0.405 e. The van der Waals surface area contributed by atoms with Gasteiger partial charge in [-0.3, -0.25) is 9.59 Å². The third-order valence-electron chi connectivity index (χ3n) is 3.74. The minimum atomic E-state index is -4.92. The van der Waals surface area contributed by atoms with E-state index >= 15 is 0 Å². The third-order valence-corrected chi connectivity index (χ3v) is 3.74. The molecule has 1 saturated heterocycles. The van der Waals surface area contributed by atoms with Crippen molar-refractivity contribution < 1.29 is 40.7 Å². The zero-order valence-corrected chi connectivity index (χ0v) is 13.1. The lowest BCUT2D eigenvalue weighted by Gasteiger charge is -2.29. The van der Waals surface area contributed by atoms with Crippen LogP contribution in [0.25, 0.3) is 0 Å². The Morgan fingerprint density at radius 3 is 2.38 bits per heavy atom. The zero-order valence-electron chi connectivity index (χ0n) is 13.1. The molecule has 0 aliphatic carbocycles. The van der Waals surface area contributed by atoms with Crippen LogP contribution in [0.3, 0.4) is 0 Å². The maximum absolute atomic E-state index is 12.6. The number of alkyl halides is 6. The highest BCUT2D eigenvalue weighted by Crippen LogP contribution is 2.29. The summed E-state index contributed by atoms with van der Waals surface area (Å²) in [5.41, 5.74) is 0.00237. The largest absolute Gasteiger partial charge is 0.573 e. The first-order valence-electron chi connectivity index (χ1n) is 7.46. The molecule has 2 amide bonds. The molecule has 1 aromatic rings. The molecular formula is C15H14F6N2O3. The summed E-state index contributed by atoms with van der Waals surface area (Å²) in [7, 11) is 0. The van der Waals surface area contributed by atoms with E-state index in [2.05, 4.69) is 10.1 Å². The van der Waals surface area contributed by atoms with Gasteiger partial charge in [0.1, 0.15) is 17.7 Å². The third kappa shape index (κ3) is 5.27. The van der Waals surface area contributed by atoms with E-state index in [0.717, 1.165) is 6.07 Å². The van der Waals surface area contributed by atoms with Crippen molar-refractivity contribution in [3.05, 3.63) is 29.8 Å². The maximum Gasteiger partial charge on any atom is 0.573 e. The lowest BCUT2D eigenvalue weighted by atomic mass is 9.92. The fourth-order valence-electron chi connectivity index (χ4n) is 2.48. The number of piperidine rings is 1. The molecule has 0 saturated carbocycles. The van der Waals surface area contributed by atoms with Gasteiger partial charge in [-0.25, -0.2) is 0 Å². The number of carbonyl (C=O) groups is 2. The Bertz CT molecular complexity index is 674. The molecule has 0 spiro atoms. The van der Waals surface area contributed by atoms with Crippen LogP contribution in [0.4, 0.5) is 26.3 Å². The number of halogens is 6. The Hall–Kier alpha value is -2.46. The van der Waals surface area contributed by atoms with E-state index < -0.39 is 48.5 Å². The lowest BCUT2D eigenvalue weighted by molar-refractivity contribution is -0.274. The van der Waals surface area contributed by atoms with E-state index in [9.17, 15) is 35.9 Å². The van der Waals surface area contributed by atoms with Crippen molar-refractivity contribution in [3.63, 3.8) is 0 Å². The normalized spacial score (nSPS) is 21.1. The first-order chi connectivity index (χ1) is 12.0. The molecule has 2 atom stereocenters. The Balaban J connectivity index is 1.97. The fourth-order valence-corrected chi connectivity index (χ4v) is 2.48. The highest BCUT2D eigenvalue weighted by molar-refractivity contribution is 6.00. The van der Waals surface area contributed by atoms with E-state index in [-0.39, 0.29) is 18.5 Å². The Morgan fingerprint density at radius 1 is 1.15 bits per heavy atom. The molecule has 0 unspecified atom stereocenters. The summed E-state index contributed by atoms with van der Waals surface area (Å²) in [6.45, 7) is -0.377. The van der Waals surface area contributed by atoms with Crippen LogP contribution in [0.5, 0.6) is 5.75 Å². The van der Waals surface area contributed by atoms with Crippen LogP contribution in [0.1, 0.15) is 18.4 Å². The standard InChI is InChI=1S/C15H14F6N2O3/c16-14(17,18)11-6-5-9(13(25)23-11)12(24)22-7-8-3-1-2-4-10(8)26-15(19,20)21/h1-4,9,11H,5-7H2,(H,22,24)(H,23,25)/t9-,11-/m0/s1. The second kappa shape index (κ2) is 7.42. The van der Waals surface area contributed by atoms with E-state index in [4.69, 9.17) is 0 Å². The first-order valence-corrected chi connectivity index (χ1v) is 7.46. The van der Waals surface area contributed by atoms with Crippen molar-refractivity contribution in [2.45, 2.75) is 38.0 Å². The van der Waals surface area contributed by atoms with Gasteiger partial charge in [0.2, 0.25) is 11.8 Å². The maximum atomic E-state index is 12.6. The minimum absolute atomic E-state index is 0.00237. The topological polar surface area (TPSA) is 67.4 Å². The summed E-state index contributed by atoms with van der Waals surface area (Å²) >= 11 is 0. The van der Waals surface area contributed by atoms with Gasteiger partial charge in [-0.05, 0) is 18.9 Å². The molecule has 0 bridgehead atoms. The summed E-state index contributed by atoms with van der Waals surface area (Å²) in [6.07, 6.45) is -10.3. The number of carbonyl (C=O) groups excluding carboxylic acids is 2. The van der Waals surface area contributed by atoms with Gasteiger partial charge >= 0.3 is 12.5 Å². The van der Waals surface area contributed by atoms with Gasteiger partial charge in [-0.1, -0.05) is 18.2 Å². The smallest absolute Gasteiger partial charge is 0.405 e. The Labute approximate surface area is 143 Å². The van der Waals surface area contributed by atoms with Gasteiger partial charge < -0.3 is 15.4 Å². The van der Waals surface area contributed by atoms with Crippen LogP contribution >= 0.6 is 0 Å². The first kappa shape index (κ1) is 19.9. The van der Waals surface area contributed by atoms with Gasteiger partial charge in [0, 0.05) is 12.1 Å². The monoisotopic (exact) mass is 384 g/mol. The molecule has 144 valence electrons. The Kier molecular flexibility index (Phi) is 5.67. The number of hydrogen-bond donors (Lipinski definition) is 2. The second-order valence-corrected chi connectivity index (χ2v) is 5.61. The molecule has 2 N–H and O–H groups in total. The van der Waals surface area contributed by atoms with E-state index in [1.807, 2.05) is 0 Å². The molecule has 26 heavy (non-hydrogen) atoms. The van der Waals surface area contributed by atoms with Gasteiger partial charge in [0.15, 0.2) is 0 Å². The van der Waals surface area contributed by atoms with Gasteiger partial charge in [-0.15, -0.1) is 13.2 Å². The number of amides is 2. The molecule has 0 aromatic heterocycles. The molecular weight excluding hydrogens is 370 g/mol. The molecule has 2 rings (SSSR count). The van der Waals surface area contributed by atoms with Crippen molar-refractivity contribution in [2.24, 2.45) is 5.92 Å². The van der Waals surface area contributed by atoms with Crippen molar-refractivity contribution in [2.75, 3.05) is 0 Å². The highest BCUT2D eigenvalue weighted by Gasteiger charge is 2.45. The van der Waals surface area contributed by atoms with E-state index in [0.29, 0.717) is 0 Å². The highest BCUT2D eigenvalue weighted by atomic mass is 19.4. The van der Waals surface area contributed by atoms with Crippen LogP contribution in [0, 0.1) is 5.92 Å². The molecule has 0 radical (unpaired) electrons. The van der Waals surface area contributed by atoms with Crippen LogP contribution < -0.4 is 15.4 Å². The SMILES string of the molecule is O=C(NCc1ccccc1OC(F)(F)F)[C@@H]1CC[C@@H](C(F)(F)F)NC1=O. The van der Waals surface area contributed by atoms with E-state index in [1.54, 1.807) is 5.32 Å². The summed E-state index contributed by atoms with van der Waals surface area (Å²) in [5.74, 6) is -3.81. The van der Waals surface area contributed by atoms with Gasteiger partial charge in [-0.2, -0.15) is 13.2 Å². The van der Waals surface area contributed by atoms with Crippen molar-refractivity contribution in [3.8, 4) is 5.75 Å². The average Bonchev–Trinajstić information content (AvgIpc) is 2.51. The van der Waals surface area contributed by atoms with Crippen molar-refractivity contribution in [1.29, 1.82) is 0 Å². The summed E-state index contributed by atoms with van der Waals surface area (Å²) in [4.78, 5) is 23.7. The summed E-state index contributed by atoms with van der Waals surface area (Å²) in [5, 5.41) is 3.98.